The molecular weight excluding hydrogens is 214 g/mol. The molecule has 0 bridgehead atoms. The Kier molecular flexibility index (Phi) is 4.43. The fourth-order valence-corrected chi connectivity index (χ4v) is 3.41. The van der Waals surface area contributed by atoms with Crippen molar-refractivity contribution in [2.75, 3.05) is 6.54 Å². The van der Waals surface area contributed by atoms with E-state index in [1.54, 1.807) is 6.92 Å². The monoisotopic (exact) mass is 239 g/mol. The maximum Gasteiger partial charge on any atom is 0.222 e. The van der Waals surface area contributed by atoms with E-state index < -0.39 is 0 Å². The van der Waals surface area contributed by atoms with Crippen molar-refractivity contribution in [1.29, 1.82) is 0 Å². The molecule has 2 fully saturated rings. The fourth-order valence-electron chi connectivity index (χ4n) is 3.41. The Balaban J connectivity index is 1.87. The lowest BCUT2D eigenvalue weighted by Crippen LogP contribution is -2.39. The van der Waals surface area contributed by atoms with E-state index in [9.17, 15) is 9.90 Å². The molecule has 1 saturated carbocycles. The van der Waals surface area contributed by atoms with Crippen LogP contribution < -0.4 is 0 Å². The lowest BCUT2D eigenvalue weighted by atomic mass is 9.96. The number of aliphatic hydroxyl groups excluding tert-OH is 1. The summed E-state index contributed by atoms with van der Waals surface area (Å²) in [6, 6.07) is 0.513. The third-order valence-corrected chi connectivity index (χ3v) is 4.34. The molecule has 0 aromatic heterocycles. The summed E-state index contributed by atoms with van der Waals surface area (Å²) < 4.78 is 0. The summed E-state index contributed by atoms with van der Waals surface area (Å²) in [7, 11) is 0. The van der Waals surface area contributed by atoms with Gasteiger partial charge in [0.2, 0.25) is 5.91 Å². The van der Waals surface area contributed by atoms with Gasteiger partial charge in [-0.15, -0.1) is 0 Å². The molecule has 1 N–H and O–H groups in total. The quantitative estimate of drug-likeness (QED) is 0.818. The number of likely N-dealkylation sites (tertiary alicyclic amines) is 1. The van der Waals surface area contributed by atoms with Crippen molar-refractivity contribution in [2.45, 2.75) is 70.4 Å². The van der Waals surface area contributed by atoms with Crippen LogP contribution >= 0.6 is 0 Å². The molecule has 1 aliphatic heterocycles. The number of carbonyl (C=O) groups is 1. The van der Waals surface area contributed by atoms with E-state index in [1.807, 2.05) is 0 Å². The molecule has 2 aliphatic rings. The first-order valence-corrected chi connectivity index (χ1v) is 7.16. The van der Waals surface area contributed by atoms with Gasteiger partial charge in [0, 0.05) is 19.0 Å². The average Bonchev–Trinajstić information content (AvgIpc) is 2.94. The van der Waals surface area contributed by atoms with Crippen molar-refractivity contribution in [3.05, 3.63) is 0 Å². The highest BCUT2D eigenvalue weighted by Crippen LogP contribution is 2.35. The Labute approximate surface area is 104 Å². The van der Waals surface area contributed by atoms with Gasteiger partial charge in [0.15, 0.2) is 0 Å². The lowest BCUT2D eigenvalue weighted by molar-refractivity contribution is -0.133. The molecule has 0 spiro atoms. The minimum Gasteiger partial charge on any atom is -0.393 e. The molecule has 1 heterocycles. The van der Waals surface area contributed by atoms with Gasteiger partial charge in [0.25, 0.3) is 0 Å². The third-order valence-electron chi connectivity index (χ3n) is 4.34. The second-order valence-electron chi connectivity index (χ2n) is 5.73. The Morgan fingerprint density at radius 1 is 1.29 bits per heavy atom. The predicted octanol–water partition coefficient (Wildman–Crippen LogP) is 2.33. The molecule has 3 nitrogen and oxygen atoms in total. The first-order chi connectivity index (χ1) is 8.18. The number of aliphatic hydroxyl groups is 1. The van der Waals surface area contributed by atoms with Crippen LogP contribution in [-0.4, -0.2) is 34.6 Å². The minimum atomic E-state index is -0.355. The molecule has 1 saturated heterocycles. The smallest absolute Gasteiger partial charge is 0.222 e. The van der Waals surface area contributed by atoms with Gasteiger partial charge in [-0.2, -0.15) is 0 Å². The van der Waals surface area contributed by atoms with Gasteiger partial charge in [-0.3, -0.25) is 4.79 Å². The molecule has 0 aromatic rings. The highest BCUT2D eigenvalue weighted by Gasteiger charge is 2.35. The summed E-state index contributed by atoms with van der Waals surface area (Å²) in [5, 5.41) is 9.25. The van der Waals surface area contributed by atoms with Gasteiger partial charge < -0.3 is 10.0 Å². The number of nitrogens with zero attached hydrogens (tertiary/aromatic N) is 1. The summed E-state index contributed by atoms with van der Waals surface area (Å²) >= 11 is 0. The molecule has 0 aromatic carbocycles. The molecule has 98 valence electrons. The number of carbonyl (C=O) groups excluding carboxylic acids is 1. The van der Waals surface area contributed by atoms with Crippen LogP contribution in [-0.2, 0) is 4.79 Å². The molecular formula is C14H25NO2. The Morgan fingerprint density at radius 3 is 2.65 bits per heavy atom. The first-order valence-electron chi connectivity index (χ1n) is 7.16. The van der Waals surface area contributed by atoms with Crippen LogP contribution in [0.15, 0.2) is 0 Å². The summed E-state index contributed by atoms with van der Waals surface area (Å²) in [6.45, 7) is 2.70. The highest BCUT2D eigenvalue weighted by molar-refractivity contribution is 5.76. The van der Waals surface area contributed by atoms with Crippen LogP contribution in [0.3, 0.4) is 0 Å². The normalized spacial score (nSPS) is 27.6. The van der Waals surface area contributed by atoms with E-state index in [2.05, 4.69) is 4.90 Å². The zero-order chi connectivity index (χ0) is 12.3. The van der Waals surface area contributed by atoms with Gasteiger partial charge in [0.05, 0.1) is 6.10 Å². The predicted molar refractivity (Wildman–Crippen MR) is 67.6 cm³/mol. The van der Waals surface area contributed by atoms with Gasteiger partial charge >= 0.3 is 0 Å². The molecule has 17 heavy (non-hydrogen) atoms. The summed E-state index contributed by atoms with van der Waals surface area (Å²) in [5.74, 6) is 1.02. The number of hydrogen-bond donors (Lipinski definition) is 1. The average molecular weight is 239 g/mol. The summed E-state index contributed by atoms with van der Waals surface area (Å²) in [5.41, 5.74) is 0. The van der Waals surface area contributed by atoms with Crippen molar-refractivity contribution >= 4 is 5.91 Å². The molecule has 2 atom stereocenters. The van der Waals surface area contributed by atoms with Crippen LogP contribution in [0.1, 0.15) is 58.3 Å². The Bertz CT molecular complexity index is 259. The zero-order valence-electron chi connectivity index (χ0n) is 10.9. The Hall–Kier alpha value is -0.570. The first kappa shape index (κ1) is 12.9. The van der Waals surface area contributed by atoms with Gasteiger partial charge in [-0.1, -0.05) is 12.8 Å². The van der Waals surface area contributed by atoms with E-state index >= 15 is 0 Å². The molecule has 0 radical (unpaired) electrons. The van der Waals surface area contributed by atoms with Gasteiger partial charge in [-0.25, -0.2) is 0 Å². The van der Waals surface area contributed by atoms with E-state index in [1.165, 1.54) is 38.5 Å². The molecule has 1 amide bonds. The fraction of sp³-hybridized carbons (Fsp3) is 0.929. The van der Waals surface area contributed by atoms with Crippen LogP contribution in [0.5, 0.6) is 0 Å². The second-order valence-corrected chi connectivity index (χ2v) is 5.73. The maximum absolute atomic E-state index is 12.1. The van der Waals surface area contributed by atoms with Gasteiger partial charge in [0.1, 0.15) is 0 Å². The van der Waals surface area contributed by atoms with Crippen LogP contribution in [0.25, 0.3) is 0 Å². The number of amides is 1. The molecule has 1 aliphatic carbocycles. The van der Waals surface area contributed by atoms with E-state index in [-0.39, 0.29) is 12.0 Å². The zero-order valence-corrected chi connectivity index (χ0v) is 10.9. The highest BCUT2D eigenvalue weighted by atomic mass is 16.3. The molecule has 3 heteroatoms. The van der Waals surface area contributed by atoms with Crippen molar-refractivity contribution in [1.82, 2.24) is 4.90 Å². The van der Waals surface area contributed by atoms with Crippen molar-refractivity contribution in [3.8, 4) is 0 Å². The lowest BCUT2D eigenvalue weighted by Gasteiger charge is -2.29. The van der Waals surface area contributed by atoms with Crippen LogP contribution in [0, 0.1) is 5.92 Å². The maximum atomic E-state index is 12.1. The second kappa shape index (κ2) is 5.85. The summed E-state index contributed by atoms with van der Waals surface area (Å²) in [4.78, 5) is 14.2. The van der Waals surface area contributed by atoms with Crippen LogP contribution in [0.2, 0.25) is 0 Å². The SMILES string of the molecule is CC(O)CCC(=O)N1CCCC1C1CCCC1. The van der Waals surface area contributed by atoms with E-state index in [0.29, 0.717) is 18.9 Å². The van der Waals surface area contributed by atoms with Gasteiger partial charge in [-0.05, 0) is 44.9 Å². The van der Waals surface area contributed by atoms with Crippen molar-refractivity contribution < 1.29 is 9.90 Å². The minimum absolute atomic E-state index is 0.264. The molecule has 2 rings (SSSR count). The topological polar surface area (TPSA) is 40.5 Å². The van der Waals surface area contributed by atoms with Crippen molar-refractivity contribution in [3.63, 3.8) is 0 Å². The number of rotatable bonds is 4. The number of hydrogen-bond acceptors (Lipinski definition) is 2. The Morgan fingerprint density at radius 2 is 2.00 bits per heavy atom. The van der Waals surface area contributed by atoms with Crippen LogP contribution in [0.4, 0.5) is 0 Å². The summed E-state index contributed by atoms with van der Waals surface area (Å²) in [6.07, 6.45) is 8.44. The van der Waals surface area contributed by atoms with Crippen molar-refractivity contribution in [2.24, 2.45) is 5.92 Å². The standard InChI is InChI=1S/C14H25NO2/c1-11(16)8-9-14(17)15-10-4-7-13(15)12-5-2-3-6-12/h11-13,16H,2-10H2,1H3. The third kappa shape index (κ3) is 3.21. The van der Waals surface area contributed by atoms with E-state index in [0.717, 1.165) is 12.5 Å². The largest absolute Gasteiger partial charge is 0.393 e. The molecule has 2 unspecified atom stereocenters. The van der Waals surface area contributed by atoms with E-state index in [4.69, 9.17) is 0 Å².